The molecule has 0 aromatic carbocycles. The molecule has 2 aliphatic rings. The summed E-state index contributed by atoms with van der Waals surface area (Å²) in [7, 11) is 0. The van der Waals surface area contributed by atoms with Crippen LogP contribution in [0, 0.1) is 6.92 Å². The van der Waals surface area contributed by atoms with Crippen molar-refractivity contribution in [3.63, 3.8) is 0 Å². The summed E-state index contributed by atoms with van der Waals surface area (Å²) in [6.07, 6.45) is 3.17. The molecule has 0 radical (unpaired) electrons. The topological polar surface area (TPSA) is 62.6 Å². The van der Waals surface area contributed by atoms with Gasteiger partial charge in [-0.2, -0.15) is 0 Å². The summed E-state index contributed by atoms with van der Waals surface area (Å²) in [5.74, 6) is 1.57. The summed E-state index contributed by atoms with van der Waals surface area (Å²) in [5.41, 5.74) is 0. The van der Waals surface area contributed by atoms with Crippen LogP contribution in [0.15, 0.2) is 16.5 Å². The Kier molecular flexibility index (Phi) is 3.05. The van der Waals surface area contributed by atoms with Crippen LogP contribution in [0.25, 0.3) is 0 Å². The Morgan fingerprint density at radius 1 is 1.42 bits per heavy atom. The molecule has 1 aliphatic heterocycles. The molecule has 1 atom stereocenters. The van der Waals surface area contributed by atoms with Crippen molar-refractivity contribution in [3.8, 4) is 0 Å². The minimum absolute atomic E-state index is 0.0170. The van der Waals surface area contributed by atoms with E-state index in [1.807, 2.05) is 19.1 Å². The van der Waals surface area contributed by atoms with Gasteiger partial charge >= 0.3 is 0 Å². The summed E-state index contributed by atoms with van der Waals surface area (Å²) in [6, 6.07) is 3.72. The fourth-order valence-electron chi connectivity index (χ4n) is 2.47. The maximum absolute atomic E-state index is 12.1. The highest BCUT2D eigenvalue weighted by molar-refractivity contribution is 5.91. The van der Waals surface area contributed by atoms with Gasteiger partial charge in [-0.05, 0) is 38.3 Å². The molecule has 0 bridgehead atoms. The van der Waals surface area contributed by atoms with E-state index in [1.165, 1.54) is 0 Å². The molecule has 1 aromatic heterocycles. The highest BCUT2D eigenvalue weighted by Crippen LogP contribution is 2.25. The number of rotatable bonds is 4. The number of nitrogens with one attached hydrogen (secondary N) is 1. The molecule has 1 aromatic rings. The normalized spacial score (nSPS) is 22.9. The van der Waals surface area contributed by atoms with Crippen molar-refractivity contribution in [1.82, 2.24) is 10.2 Å². The number of nitrogens with zero attached hydrogens (tertiary/aromatic N) is 1. The first-order valence-corrected chi connectivity index (χ1v) is 6.78. The Morgan fingerprint density at radius 3 is 2.84 bits per heavy atom. The van der Waals surface area contributed by atoms with Crippen LogP contribution in [0.2, 0.25) is 0 Å². The average molecular weight is 262 g/mol. The molecule has 0 spiro atoms. The van der Waals surface area contributed by atoms with E-state index in [1.54, 1.807) is 4.90 Å². The first-order valence-electron chi connectivity index (χ1n) is 6.78. The van der Waals surface area contributed by atoms with Crippen LogP contribution in [0.4, 0.5) is 0 Å². The third kappa shape index (κ3) is 2.64. The molecule has 19 heavy (non-hydrogen) atoms. The maximum Gasteiger partial charge on any atom is 0.243 e. The Balaban J connectivity index is 1.68. The standard InChI is InChI=1S/C14H18N2O3/c1-9-2-5-11(19-9)8-16-12(6-7-13(16)17)14(18)15-10-3-4-10/h2,5,10,12H,3-4,6-8H2,1H3,(H,15,18)/t12-/m1/s1. The number of furan rings is 1. The zero-order valence-electron chi connectivity index (χ0n) is 11.0. The summed E-state index contributed by atoms with van der Waals surface area (Å²) >= 11 is 0. The number of likely N-dealkylation sites (tertiary alicyclic amines) is 1. The zero-order valence-corrected chi connectivity index (χ0v) is 11.0. The van der Waals surface area contributed by atoms with Crippen LogP contribution in [0.5, 0.6) is 0 Å². The van der Waals surface area contributed by atoms with Gasteiger partial charge in [-0.15, -0.1) is 0 Å². The molecule has 2 heterocycles. The Hall–Kier alpha value is -1.78. The second-order valence-electron chi connectivity index (χ2n) is 5.37. The van der Waals surface area contributed by atoms with E-state index in [0.29, 0.717) is 25.4 Å². The molecular weight excluding hydrogens is 244 g/mol. The van der Waals surface area contributed by atoms with Gasteiger partial charge in [-0.1, -0.05) is 0 Å². The smallest absolute Gasteiger partial charge is 0.243 e. The fraction of sp³-hybridized carbons (Fsp3) is 0.571. The van der Waals surface area contributed by atoms with Crippen LogP contribution in [-0.4, -0.2) is 28.8 Å². The minimum Gasteiger partial charge on any atom is -0.464 e. The van der Waals surface area contributed by atoms with Crippen molar-refractivity contribution in [2.75, 3.05) is 0 Å². The molecule has 5 nitrogen and oxygen atoms in total. The van der Waals surface area contributed by atoms with Crippen molar-refractivity contribution in [2.45, 2.75) is 51.2 Å². The molecule has 1 N–H and O–H groups in total. The van der Waals surface area contributed by atoms with Gasteiger partial charge in [0.05, 0.1) is 6.54 Å². The second kappa shape index (κ2) is 4.72. The van der Waals surface area contributed by atoms with E-state index < -0.39 is 0 Å². The van der Waals surface area contributed by atoms with Gasteiger partial charge in [0.25, 0.3) is 0 Å². The molecular formula is C14H18N2O3. The van der Waals surface area contributed by atoms with Crippen LogP contribution in [0.3, 0.4) is 0 Å². The largest absolute Gasteiger partial charge is 0.464 e. The predicted octanol–water partition coefficient (Wildman–Crippen LogP) is 1.36. The van der Waals surface area contributed by atoms with Crippen LogP contribution in [0.1, 0.15) is 37.2 Å². The average Bonchev–Trinajstić information content (AvgIpc) is 2.97. The van der Waals surface area contributed by atoms with E-state index in [4.69, 9.17) is 4.42 Å². The number of hydrogen-bond acceptors (Lipinski definition) is 3. The lowest BCUT2D eigenvalue weighted by Gasteiger charge is -2.23. The lowest BCUT2D eigenvalue weighted by molar-refractivity contribution is -0.136. The molecule has 0 unspecified atom stereocenters. The third-order valence-corrected chi connectivity index (χ3v) is 3.68. The number of aryl methyl sites for hydroxylation is 1. The number of carbonyl (C=O) groups excluding carboxylic acids is 2. The SMILES string of the molecule is Cc1ccc(CN2C(=O)CC[C@@H]2C(=O)NC2CC2)o1. The lowest BCUT2D eigenvalue weighted by Crippen LogP contribution is -2.44. The Bertz CT molecular complexity index is 505. The first-order chi connectivity index (χ1) is 9.13. The summed E-state index contributed by atoms with van der Waals surface area (Å²) in [5, 5.41) is 2.97. The van der Waals surface area contributed by atoms with Gasteiger partial charge in [0.2, 0.25) is 11.8 Å². The Labute approximate surface area is 111 Å². The molecule has 1 aliphatic carbocycles. The molecule has 1 saturated carbocycles. The molecule has 2 amide bonds. The van der Waals surface area contributed by atoms with Crippen molar-refractivity contribution < 1.29 is 14.0 Å². The first kappa shape index (κ1) is 12.3. The summed E-state index contributed by atoms with van der Waals surface area (Å²) in [4.78, 5) is 25.7. The zero-order chi connectivity index (χ0) is 13.4. The van der Waals surface area contributed by atoms with Gasteiger partial charge in [-0.25, -0.2) is 0 Å². The quantitative estimate of drug-likeness (QED) is 0.891. The van der Waals surface area contributed by atoms with E-state index in [-0.39, 0.29) is 17.9 Å². The van der Waals surface area contributed by atoms with Crippen molar-refractivity contribution in [1.29, 1.82) is 0 Å². The maximum atomic E-state index is 12.1. The van der Waals surface area contributed by atoms with Gasteiger partial charge in [0, 0.05) is 12.5 Å². The molecule has 102 valence electrons. The van der Waals surface area contributed by atoms with Gasteiger partial charge in [0.15, 0.2) is 0 Å². The highest BCUT2D eigenvalue weighted by Gasteiger charge is 2.38. The summed E-state index contributed by atoms with van der Waals surface area (Å²) in [6.45, 7) is 2.25. The van der Waals surface area contributed by atoms with Gasteiger partial charge in [-0.3, -0.25) is 9.59 Å². The van der Waals surface area contributed by atoms with E-state index >= 15 is 0 Å². The predicted molar refractivity (Wildman–Crippen MR) is 68.2 cm³/mol. The monoisotopic (exact) mass is 262 g/mol. The van der Waals surface area contributed by atoms with Crippen molar-refractivity contribution >= 4 is 11.8 Å². The van der Waals surface area contributed by atoms with Crippen LogP contribution >= 0.6 is 0 Å². The third-order valence-electron chi connectivity index (χ3n) is 3.68. The molecule has 1 saturated heterocycles. The van der Waals surface area contributed by atoms with Gasteiger partial charge in [0.1, 0.15) is 17.6 Å². The lowest BCUT2D eigenvalue weighted by atomic mass is 10.2. The highest BCUT2D eigenvalue weighted by atomic mass is 16.3. The van der Waals surface area contributed by atoms with Crippen molar-refractivity contribution in [3.05, 3.63) is 23.7 Å². The van der Waals surface area contributed by atoms with E-state index in [9.17, 15) is 9.59 Å². The fourth-order valence-corrected chi connectivity index (χ4v) is 2.47. The molecule has 3 rings (SSSR count). The van der Waals surface area contributed by atoms with Crippen LogP contribution in [-0.2, 0) is 16.1 Å². The van der Waals surface area contributed by atoms with E-state index in [2.05, 4.69) is 5.32 Å². The molecule has 2 fully saturated rings. The summed E-state index contributed by atoms with van der Waals surface area (Å²) < 4.78 is 5.49. The number of hydrogen-bond donors (Lipinski definition) is 1. The second-order valence-corrected chi connectivity index (χ2v) is 5.37. The molecule has 5 heteroatoms. The van der Waals surface area contributed by atoms with Crippen molar-refractivity contribution in [2.24, 2.45) is 0 Å². The number of amides is 2. The minimum atomic E-state index is -0.335. The van der Waals surface area contributed by atoms with Crippen LogP contribution < -0.4 is 5.32 Å². The number of carbonyl (C=O) groups is 2. The Morgan fingerprint density at radius 2 is 2.21 bits per heavy atom. The van der Waals surface area contributed by atoms with Gasteiger partial charge < -0.3 is 14.6 Å². The van der Waals surface area contributed by atoms with E-state index in [0.717, 1.165) is 24.4 Å².